The van der Waals surface area contributed by atoms with Gasteiger partial charge in [-0.1, -0.05) is 0 Å². The molecule has 0 fully saturated rings. The Bertz CT molecular complexity index is 985. The normalized spacial score (nSPS) is 11.3. The molecule has 0 unspecified atom stereocenters. The Morgan fingerprint density at radius 1 is 1.08 bits per heavy atom. The number of rotatable bonds is 7. The third-order valence-corrected chi connectivity index (χ3v) is 5.13. The highest BCUT2D eigenvalue weighted by molar-refractivity contribution is 7.89. The van der Waals surface area contributed by atoms with Crippen molar-refractivity contribution in [2.75, 3.05) is 14.2 Å². The molecule has 0 radical (unpaired) electrons. The molecule has 0 spiro atoms. The molecule has 0 bridgehead atoms. The van der Waals surface area contributed by atoms with E-state index in [0.29, 0.717) is 23.0 Å². The van der Waals surface area contributed by atoms with Crippen molar-refractivity contribution in [1.82, 2.24) is 9.71 Å². The fourth-order valence-corrected chi connectivity index (χ4v) is 3.42. The van der Waals surface area contributed by atoms with Crippen LogP contribution in [0.3, 0.4) is 0 Å². The summed E-state index contributed by atoms with van der Waals surface area (Å²) >= 11 is 0. The predicted molar refractivity (Wildman–Crippen MR) is 95.5 cm³/mol. The number of aromatic nitrogens is 1. The van der Waals surface area contributed by atoms with E-state index in [2.05, 4.69) is 9.71 Å². The van der Waals surface area contributed by atoms with Gasteiger partial charge in [-0.25, -0.2) is 13.1 Å². The van der Waals surface area contributed by atoms with E-state index < -0.39 is 10.0 Å². The summed E-state index contributed by atoms with van der Waals surface area (Å²) in [6, 6.07) is 11.5. The lowest BCUT2D eigenvalue weighted by Crippen LogP contribution is -2.23. The van der Waals surface area contributed by atoms with Crippen molar-refractivity contribution in [2.24, 2.45) is 0 Å². The average molecular weight is 374 g/mol. The van der Waals surface area contributed by atoms with Crippen molar-refractivity contribution in [3.05, 3.63) is 60.5 Å². The summed E-state index contributed by atoms with van der Waals surface area (Å²) in [5.41, 5.74) is 1.40. The molecule has 0 saturated carbocycles. The molecule has 0 aliphatic heterocycles. The van der Waals surface area contributed by atoms with Crippen molar-refractivity contribution in [3.63, 3.8) is 0 Å². The second-order valence-corrected chi connectivity index (χ2v) is 7.13. The number of nitrogens with one attached hydrogen (secondary N) is 1. The summed E-state index contributed by atoms with van der Waals surface area (Å²) in [4.78, 5) is 4.32. The topological polar surface area (TPSA) is 90.7 Å². The van der Waals surface area contributed by atoms with Crippen LogP contribution in [0.25, 0.3) is 11.5 Å². The highest BCUT2D eigenvalue weighted by Crippen LogP contribution is 2.29. The molecule has 26 heavy (non-hydrogen) atoms. The van der Waals surface area contributed by atoms with E-state index in [1.54, 1.807) is 42.8 Å². The van der Waals surface area contributed by atoms with Gasteiger partial charge >= 0.3 is 0 Å². The minimum atomic E-state index is -3.71. The highest BCUT2D eigenvalue weighted by atomic mass is 32.2. The quantitative estimate of drug-likeness (QED) is 0.684. The van der Waals surface area contributed by atoms with E-state index in [0.717, 1.165) is 5.56 Å². The number of nitrogens with zero attached hydrogens (tertiary/aromatic N) is 1. The molecule has 0 aliphatic carbocycles. The van der Waals surface area contributed by atoms with Crippen molar-refractivity contribution < 1.29 is 22.3 Å². The first-order chi connectivity index (χ1) is 12.5. The third kappa shape index (κ3) is 3.87. The van der Waals surface area contributed by atoms with Gasteiger partial charge in [0.05, 0.1) is 25.4 Å². The van der Waals surface area contributed by atoms with Crippen LogP contribution < -0.4 is 14.2 Å². The fourth-order valence-electron chi connectivity index (χ4n) is 2.39. The van der Waals surface area contributed by atoms with E-state index in [9.17, 15) is 8.42 Å². The van der Waals surface area contributed by atoms with Gasteiger partial charge in [0.2, 0.25) is 10.0 Å². The Morgan fingerprint density at radius 2 is 1.88 bits per heavy atom. The number of benzene rings is 1. The van der Waals surface area contributed by atoms with Crippen LogP contribution in [0, 0.1) is 0 Å². The van der Waals surface area contributed by atoms with Gasteiger partial charge in [0.25, 0.3) is 0 Å². The second kappa shape index (κ2) is 7.59. The van der Waals surface area contributed by atoms with E-state index in [1.165, 1.54) is 26.4 Å². The maximum atomic E-state index is 12.5. The minimum Gasteiger partial charge on any atom is -0.493 e. The van der Waals surface area contributed by atoms with E-state index in [4.69, 9.17) is 13.9 Å². The zero-order chi connectivity index (χ0) is 18.6. The summed E-state index contributed by atoms with van der Waals surface area (Å²) in [6.45, 7) is 0.118. The van der Waals surface area contributed by atoms with Crippen LogP contribution in [-0.2, 0) is 16.6 Å². The molecule has 2 aromatic heterocycles. The third-order valence-electron chi connectivity index (χ3n) is 3.73. The summed E-state index contributed by atoms with van der Waals surface area (Å²) < 4.78 is 43.3. The standard InChI is InChI=1S/C18H18N2O5S/c1-23-17-6-5-14(11-18(17)24-2)26(21,22)20-12-13-7-8-19-15(10-13)16-4-3-9-25-16/h3-11,20H,12H2,1-2H3. The van der Waals surface area contributed by atoms with Crippen LogP contribution in [0.2, 0.25) is 0 Å². The number of ether oxygens (including phenoxy) is 2. The predicted octanol–water partition coefficient (Wildman–Crippen LogP) is 2.84. The van der Waals surface area contributed by atoms with Crippen LogP contribution in [0.15, 0.2) is 64.2 Å². The van der Waals surface area contributed by atoms with Crippen LogP contribution >= 0.6 is 0 Å². The smallest absolute Gasteiger partial charge is 0.241 e. The number of sulfonamides is 1. The molecular weight excluding hydrogens is 356 g/mol. The second-order valence-electron chi connectivity index (χ2n) is 5.37. The van der Waals surface area contributed by atoms with Gasteiger partial charge in [0.15, 0.2) is 17.3 Å². The first-order valence-corrected chi connectivity index (χ1v) is 9.22. The minimum absolute atomic E-state index is 0.0930. The summed E-state index contributed by atoms with van der Waals surface area (Å²) in [7, 11) is -0.769. The molecule has 0 amide bonds. The maximum absolute atomic E-state index is 12.5. The maximum Gasteiger partial charge on any atom is 0.241 e. The Kier molecular flexibility index (Phi) is 5.24. The average Bonchev–Trinajstić information content (AvgIpc) is 3.21. The van der Waals surface area contributed by atoms with Crippen molar-refractivity contribution >= 4 is 10.0 Å². The Morgan fingerprint density at radius 3 is 2.58 bits per heavy atom. The van der Waals surface area contributed by atoms with Crippen LogP contribution in [0.5, 0.6) is 11.5 Å². The fraction of sp³-hybridized carbons (Fsp3) is 0.167. The number of hydrogen-bond acceptors (Lipinski definition) is 6. The molecule has 0 aliphatic rings. The zero-order valence-electron chi connectivity index (χ0n) is 14.3. The lowest BCUT2D eigenvalue weighted by Gasteiger charge is -2.11. The molecule has 3 aromatic rings. The number of pyridine rings is 1. The Balaban J connectivity index is 1.78. The summed E-state index contributed by atoms with van der Waals surface area (Å²) in [5, 5.41) is 0. The van der Waals surface area contributed by atoms with Gasteiger partial charge in [-0.3, -0.25) is 4.98 Å². The van der Waals surface area contributed by atoms with E-state index in [-0.39, 0.29) is 11.4 Å². The molecular formula is C18H18N2O5S. The lowest BCUT2D eigenvalue weighted by molar-refractivity contribution is 0.354. The van der Waals surface area contributed by atoms with Gasteiger partial charge in [-0.15, -0.1) is 0 Å². The van der Waals surface area contributed by atoms with Gasteiger partial charge in [-0.05, 0) is 42.0 Å². The molecule has 3 rings (SSSR count). The van der Waals surface area contributed by atoms with E-state index >= 15 is 0 Å². The highest BCUT2D eigenvalue weighted by Gasteiger charge is 2.17. The Labute approximate surface area is 151 Å². The van der Waals surface area contributed by atoms with Crippen molar-refractivity contribution in [2.45, 2.75) is 11.4 Å². The largest absolute Gasteiger partial charge is 0.493 e. The van der Waals surface area contributed by atoms with E-state index in [1.807, 2.05) is 0 Å². The number of hydrogen-bond donors (Lipinski definition) is 1. The molecule has 8 heteroatoms. The zero-order valence-corrected chi connectivity index (χ0v) is 15.1. The Hall–Kier alpha value is -2.84. The summed E-state index contributed by atoms with van der Waals surface area (Å²) in [6.07, 6.45) is 3.17. The SMILES string of the molecule is COc1ccc(S(=O)(=O)NCc2ccnc(-c3ccco3)c2)cc1OC. The monoisotopic (exact) mass is 374 g/mol. The number of furan rings is 1. The first kappa shape index (κ1) is 18.0. The van der Waals surface area contributed by atoms with Gasteiger partial charge in [0.1, 0.15) is 5.69 Å². The molecule has 136 valence electrons. The molecule has 7 nitrogen and oxygen atoms in total. The van der Waals surface area contributed by atoms with Crippen molar-refractivity contribution in [1.29, 1.82) is 0 Å². The van der Waals surface area contributed by atoms with Crippen LogP contribution in [0.1, 0.15) is 5.56 Å². The summed E-state index contributed by atoms with van der Waals surface area (Å²) in [5.74, 6) is 1.43. The lowest BCUT2D eigenvalue weighted by atomic mass is 10.2. The molecule has 2 heterocycles. The van der Waals surface area contributed by atoms with Crippen molar-refractivity contribution in [3.8, 4) is 23.0 Å². The van der Waals surface area contributed by atoms with Gasteiger partial charge < -0.3 is 13.9 Å². The van der Waals surface area contributed by atoms with Gasteiger partial charge in [-0.2, -0.15) is 0 Å². The molecule has 1 aromatic carbocycles. The van der Waals surface area contributed by atoms with Gasteiger partial charge in [0, 0.05) is 18.8 Å². The van der Waals surface area contributed by atoms with Crippen LogP contribution in [0.4, 0.5) is 0 Å². The number of methoxy groups -OCH3 is 2. The molecule has 0 atom stereocenters. The van der Waals surface area contributed by atoms with Crippen LogP contribution in [-0.4, -0.2) is 27.6 Å². The molecule has 1 N–H and O–H groups in total. The molecule has 0 saturated heterocycles. The first-order valence-electron chi connectivity index (χ1n) is 7.74.